The summed E-state index contributed by atoms with van der Waals surface area (Å²) in [5.41, 5.74) is 0. The van der Waals surface area contributed by atoms with Crippen LogP contribution in [0.4, 0.5) is 0 Å². The summed E-state index contributed by atoms with van der Waals surface area (Å²) >= 11 is 0. The Balaban J connectivity index is 2.33. The van der Waals surface area contributed by atoms with Crippen LogP contribution in [0.3, 0.4) is 0 Å². The normalized spacial score (nSPS) is 26.6. The van der Waals surface area contributed by atoms with Gasteiger partial charge in [-0.1, -0.05) is 0 Å². The van der Waals surface area contributed by atoms with Crippen LogP contribution in [0.25, 0.3) is 0 Å². The summed E-state index contributed by atoms with van der Waals surface area (Å²) in [4.78, 5) is 2.21. The number of nitrogens with zero attached hydrogens (tertiary/aromatic N) is 1. The maximum absolute atomic E-state index is 3.21. The third-order valence-corrected chi connectivity index (χ3v) is 1.40. The van der Waals surface area contributed by atoms with Crippen molar-refractivity contribution in [1.29, 1.82) is 0 Å². The monoisotopic (exact) mass is 99.1 g/mol. The van der Waals surface area contributed by atoms with Crippen LogP contribution in [-0.4, -0.2) is 25.0 Å². The Labute approximate surface area is 44.5 Å². The minimum Gasteiger partial charge on any atom is -0.295 e. The zero-order chi connectivity index (χ0) is 5.28. The molecule has 1 fully saturated rings. The maximum Gasteiger partial charge on any atom is 0.100 e. The van der Waals surface area contributed by atoms with E-state index in [1.54, 1.807) is 0 Å². The van der Waals surface area contributed by atoms with Gasteiger partial charge in [0.1, 0.15) is 6.17 Å². The van der Waals surface area contributed by atoms with E-state index in [0.29, 0.717) is 0 Å². The van der Waals surface area contributed by atoms with Crippen LogP contribution in [0.2, 0.25) is 0 Å². The molecule has 0 atom stereocenters. The molecule has 1 saturated heterocycles. The average molecular weight is 99.2 g/mol. The van der Waals surface area contributed by atoms with Crippen LogP contribution in [-0.2, 0) is 0 Å². The molecule has 1 rings (SSSR count). The van der Waals surface area contributed by atoms with Crippen molar-refractivity contribution in [2.75, 3.05) is 20.1 Å². The van der Waals surface area contributed by atoms with E-state index in [4.69, 9.17) is 0 Å². The van der Waals surface area contributed by atoms with E-state index < -0.39 is 0 Å². The summed E-state index contributed by atoms with van der Waals surface area (Å²) in [5, 5.41) is 3.21. The second kappa shape index (κ2) is 1.80. The summed E-state index contributed by atoms with van der Waals surface area (Å²) in [5.74, 6) is 0. The van der Waals surface area contributed by atoms with Gasteiger partial charge < -0.3 is 0 Å². The lowest BCUT2D eigenvalue weighted by molar-refractivity contribution is 0.414. The van der Waals surface area contributed by atoms with E-state index in [1.807, 2.05) is 0 Å². The number of rotatable bonds is 0. The first-order valence-electron chi connectivity index (χ1n) is 2.59. The predicted molar refractivity (Wildman–Crippen MR) is 29.5 cm³/mol. The Morgan fingerprint density at radius 2 is 2.43 bits per heavy atom. The average Bonchev–Trinajstić information content (AvgIpc) is 1.91. The molecule has 0 aromatic rings. The smallest absolute Gasteiger partial charge is 0.100 e. The highest BCUT2D eigenvalue weighted by Gasteiger charge is 2.14. The zero-order valence-corrected chi connectivity index (χ0v) is 4.86. The standard InChI is InChI=1S/C5H11N2/c1-5-6-3-4-7(5)2/h6H,3-4H2,1-2H3. The molecule has 0 aliphatic carbocycles. The topological polar surface area (TPSA) is 15.3 Å². The predicted octanol–water partition coefficient (Wildman–Crippen LogP) is 0.0308. The van der Waals surface area contributed by atoms with E-state index in [-0.39, 0.29) is 0 Å². The minimum atomic E-state index is 1.11. The fourth-order valence-electron chi connectivity index (χ4n) is 0.707. The third-order valence-electron chi connectivity index (χ3n) is 1.40. The minimum absolute atomic E-state index is 1.11. The Hall–Kier alpha value is -0.0800. The number of nitrogens with one attached hydrogen (secondary N) is 1. The van der Waals surface area contributed by atoms with Crippen molar-refractivity contribution < 1.29 is 0 Å². The van der Waals surface area contributed by atoms with Crippen molar-refractivity contribution in [3.8, 4) is 0 Å². The van der Waals surface area contributed by atoms with Gasteiger partial charge in [-0.15, -0.1) is 0 Å². The van der Waals surface area contributed by atoms with E-state index >= 15 is 0 Å². The molecular formula is C5H11N2. The molecule has 0 aromatic heterocycles. The number of hydrogen-bond acceptors (Lipinski definition) is 2. The van der Waals surface area contributed by atoms with Gasteiger partial charge >= 0.3 is 0 Å². The molecule has 1 N–H and O–H groups in total. The van der Waals surface area contributed by atoms with Crippen molar-refractivity contribution in [3.05, 3.63) is 6.17 Å². The lowest BCUT2D eigenvalue weighted by Crippen LogP contribution is -2.19. The molecule has 0 bridgehead atoms. The first kappa shape index (κ1) is 5.06. The van der Waals surface area contributed by atoms with Gasteiger partial charge in [-0.2, -0.15) is 0 Å². The zero-order valence-electron chi connectivity index (χ0n) is 4.86. The van der Waals surface area contributed by atoms with Crippen LogP contribution in [0, 0.1) is 6.17 Å². The molecule has 1 aliphatic heterocycles. The van der Waals surface area contributed by atoms with Gasteiger partial charge in [0, 0.05) is 13.1 Å². The molecule has 0 spiro atoms. The number of hydrogen-bond donors (Lipinski definition) is 1. The first-order valence-corrected chi connectivity index (χ1v) is 2.59. The molecule has 2 heteroatoms. The van der Waals surface area contributed by atoms with Crippen LogP contribution in [0.1, 0.15) is 6.92 Å². The molecule has 0 aromatic carbocycles. The fourth-order valence-corrected chi connectivity index (χ4v) is 0.707. The Morgan fingerprint density at radius 3 is 2.57 bits per heavy atom. The highest BCUT2D eigenvalue weighted by Crippen LogP contribution is 2.03. The molecular weight excluding hydrogens is 88.1 g/mol. The first-order chi connectivity index (χ1) is 3.30. The third kappa shape index (κ3) is 0.924. The van der Waals surface area contributed by atoms with Crippen molar-refractivity contribution in [1.82, 2.24) is 10.2 Å². The van der Waals surface area contributed by atoms with Crippen molar-refractivity contribution >= 4 is 0 Å². The molecule has 2 nitrogen and oxygen atoms in total. The molecule has 7 heavy (non-hydrogen) atoms. The molecule has 1 radical (unpaired) electrons. The Morgan fingerprint density at radius 1 is 1.71 bits per heavy atom. The molecule has 1 aliphatic rings. The highest BCUT2D eigenvalue weighted by molar-refractivity contribution is 4.85. The van der Waals surface area contributed by atoms with Gasteiger partial charge in [-0.25, -0.2) is 0 Å². The van der Waals surface area contributed by atoms with Gasteiger partial charge in [-0.05, 0) is 14.0 Å². The Kier molecular flexibility index (Phi) is 1.30. The van der Waals surface area contributed by atoms with E-state index in [9.17, 15) is 0 Å². The summed E-state index contributed by atoms with van der Waals surface area (Å²) in [7, 11) is 2.09. The summed E-state index contributed by atoms with van der Waals surface area (Å²) in [6.07, 6.45) is 1.29. The van der Waals surface area contributed by atoms with Gasteiger partial charge in [0.2, 0.25) is 0 Å². The SMILES string of the molecule is C[C]1NCCN1C. The van der Waals surface area contributed by atoms with E-state index in [0.717, 1.165) is 13.1 Å². The van der Waals surface area contributed by atoms with Gasteiger partial charge in [0.15, 0.2) is 0 Å². The molecule has 1 heterocycles. The maximum atomic E-state index is 3.21. The molecule has 0 amide bonds. The van der Waals surface area contributed by atoms with Crippen LogP contribution in [0.15, 0.2) is 0 Å². The molecule has 0 unspecified atom stereocenters. The lowest BCUT2D eigenvalue weighted by atomic mass is 10.6. The van der Waals surface area contributed by atoms with Crippen LogP contribution in [0.5, 0.6) is 0 Å². The number of likely N-dealkylation sites (N-methyl/N-ethyl adjacent to an activating group) is 1. The van der Waals surface area contributed by atoms with Crippen LogP contribution >= 0.6 is 0 Å². The Bertz CT molecular complexity index is 55.1. The van der Waals surface area contributed by atoms with Crippen molar-refractivity contribution in [3.63, 3.8) is 0 Å². The second-order valence-corrected chi connectivity index (χ2v) is 1.93. The molecule has 41 valence electrons. The van der Waals surface area contributed by atoms with Gasteiger partial charge in [0.25, 0.3) is 0 Å². The molecule has 0 saturated carbocycles. The quantitative estimate of drug-likeness (QED) is 0.461. The van der Waals surface area contributed by atoms with Crippen molar-refractivity contribution in [2.24, 2.45) is 0 Å². The largest absolute Gasteiger partial charge is 0.295 e. The van der Waals surface area contributed by atoms with Gasteiger partial charge in [-0.3, -0.25) is 10.2 Å². The van der Waals surface area contributed by atoms with Gasteiger partial charge in [0.05, 0.1) is 0 Å². The lowest BCUT2D eigenvalue weighted by Gasteiger charge is -2.10. The second-order valence-electron chi connectivity index (χ2n) is 1.93. The van der Waals surface area contributed by atoms with E-state index in [1.165, 1.54) is 6.17 Å². The highest BCUT2D eigenvalue weighted by atomic mass is 15.3. The summed E-state index contributed by atoms with van der Waals surface area (Å²) < 4.78 is 0. The summed E-state index contributed by atoms with van der Waals surface area (Å²) in [6.45, 7) is 4.36. The van der Waals surface area contributed by atoms with Crippen LogP contribution < -0.4 is 5.32 Å². The summed E-state index contributed by atoms with van der Waals surface area (Å²) in [6, 6.07) is 0. The fraction of sp³-hybridized carbons (Fsp3) is 0.800. The van der Waals surface area contributed by atoms with E-state index in [2.05, 4.69) is 24.2 Å². The van der Waals surface area contributed by atoms with Crippen molar-refractivity contribution in [2.45, 2.75) is 6.92 Å².